The van der Waals surface area contributed by atoms with Crippen LogP contribution in [0.1, 0.15) is 53.4 Å². The molecule has 0 amide bonds. The largest absolute Gasteiger partial charge is 0.303 e. The van der Waals surface area contributed by atoms with Crippen LogP contribution in [0.5, 0.6) is 0 Å². The van der Waals surface area contributed by atoms with Gasteiger partial charge in [-0.1, -0.05) is 29.8 Å². The molecule has 0 saturated carbocycles. The Morgan fingerprint density at radius 3 is 3.05 bits per heavy atom. The van der Waals surface area contributed by atoms with Crippen molar-refractivity contribution in [3.05, 3.63) is 57.3 Å². The lowest BCUT2D eigenvalue weighted by atomic mass is 9.92. The van der Waals surface area contributed by atoms with Crippen molar-refractivity contribution in [3.63, 3.8) is 0 Å². The average Bonchev–Trinajstić information content (AvgIpc) is 2.88. The van der Waals surface area contributed by atoms with Crippen molar-refractivity contribution in [3.8, 4) is 0 Å². The molecular weight excluding hydrogens is 250 g/mol. The van der Waals surface area contributed by atoms with Crippen LogP contribution in [0.2, 0.25) is 0 Å². The molecular formula is C17H21NS. The number of benzene rings is 1. The number of nitrogens with one attached hydrogen (secondary N) is 1. The van der Waals surface area contributed by atoms with Crippen LogP contribution >= 0.6 is 11.3 Å². The van der Waals surface area contributed by atoms with E-state index in [0.29, 0.717) is 12.1 Å². The SMILES string of the molecule is Cc1cccc([C@@H](C)NC2CCCc3sccc32)c1. The quantitative estimate of drug-likeness (QED) is 0.846. The van der Waals surface area contributed by atoms with Crippen LogP contribution in [0.4, 0.5) is 0 Å². The number of hydrogen-bond acceptors (Lipinski definition) is 2. The molecule has 19 heavy (non-hydrogen) atoms. The van der Waals surface area contributed by atoms with Crippen LogP contribution in [0.3, 0.4) is 0 Å². The first-order valence-corrected chi connectivity index (χ1v) is 8.01. The number of aryl methyl sites for hydroxylation is 2. The van der Waals surface area contributed by atoms with E-state index in [9.17, 15) is 0 Å². The second kappa shape index (κ2) is 5.48. The van der Waals surface area contributed by atoms with E-state index in [1.54, 1.807) is 4.88 Å². The topological polar surface area (TPSA) is 12.0 Å². The van der Waals surface area contributed by atoms with Crippen molar-refractivity contribution in [2.24, 2.45) is 0 Å². The van der Waals surface area contributed by atoms with Crippen LogP contribution in [-0.4, -0.2) is 0 Å². The molecule has 1 aromatic carbocycles. The standard InChI is InChI=1S/C17H21NS/c1-12-5-3-6-14(11-12)13(2)18-16-7-4-8-17-15(16)9-10-19-17/h3,5-6,9-11,13,16,18H,4,7-8H2,1-2H3/t13-,16?/m1/s1. The third kappa shape index (κ3) is 2.75. The highest BCUT2D eigenvalue weighted by atomic mass is 32.1. The lowest BCUT2D eigenvalue weighted by Crippen LogP contribution is -2.27. The van der Waals surface area contributed by atoms with Gasteiger partial charge in [-0.15, -0.1) is 11.3 Å². The maximum absolute atomic E-state index is 3.81. The van der Waals surface area contributed by atoms with Gasteiger partial charge in [-0.05, 0) is 55.7 Å². The Kier molecular flexibility index (Phi) is 3.72. The van der Waals surface area contributed by atoms with Gasteiger partial charge in [0.25, 0.3) is 0 Å². The van der Waals surface area contributed by atoms with Crippen molar-refractivity contribution in [2.75, 3.05) is 0 Å². The molecule has 1 aromatic heterocycles. The van der Waals surface area contributed by atoms with E-state index in [4.69, 9.17) is 0 Å². The lowest BCUT2D eigenvalue weighted by molar-refractivity contribution is 0.418. The molecule has 100 valence electrons. The molecule has 0 aliphatic heterocycles. The summed E-state index contributed by atoms with van der Waals surface area (Å²) in [6.45, 7) is 4.43. The molecule has 2 atom stereocenters. The van der Waals surface area contributed by atoms with E-state index in [2.05, 4.69) is 54.9 Å². The van der Waals surface area contributed by atoms with Crippen LogP contribution in [0, 0.1) is 6.92 Å². The Morgan fingerprint density at radius 2 is 2.21 bits per heavy atom. The third-order valence-electron chi connectivity index (χ3n) is 4.05. The molecule has 0 fully saturated rings. The minimum atomic E-state index is 0.413. The first kappa shape index (κ1) is 12.9. The summed E-state index contributed by atoms with van der Waals surface area (Å²) >= 11 is 1.91. The fraction of sp³-hybridized carbons (Fsp3) is 0.412. The molecule has 2 heteroatoms. The van der Waals surface area contributed by atoms with Crippen LogP contribution in [-0.2, 0) is 6.42 Å². The smallest absolute Gasteiger partial charge is 0.0336 e. The van der Waals surface area contributed by atoms with Gasteiger partial charge < -0.3 is 5.32 Å². The molecule has 0 saturated heterocycles. The summed E-state index contributed by atoms with van der Waals surface area (Å²) in [5.74, 6) is 0. The molecule has 1 aliphatic carbocycles. The Morgan fingerprint density at radius 1 is 1.32 bits per heavy atom. The lowest BCUT2D eigenvalue weighted by Gasteiger charge is -2.27. The van der Waals surface area contributed by atoms with Gasteiger partial charge >= 0.3 is 0 Å². The van der Waals surface area contributed by atoms with E-state index in [1.165, 1.54) is 36.0 Å². The van der Waals surface area contributed by atoms with Crippen molar-refractivity contribution in [1.82, 2.24) is 5.32 Å². The average molecular weight is 271 g/mol. The Balaban J connectivity index is 1.76. The van der Waals surface area contributed by atoms with Crippen molar-refractivity contribution >= 4 is 11.3 Å². The Hall–Kier alpha value is -1.12. The Labute approximate surface area is 119 Å². The highest BCUT2D eigenvalue weighted by molar-refractivity contribution is 7.10. The van der Waals surface area contributed by atoms with Gasteiger partial charge in [-0.2, -0.15) is 0 Å². The minimum Gasteiger partial charge on any atom is -0.303 e. The first-order chi connectivity index (χ1) is 9.24. The summed E-state index contributed by atoms with van der Waals surface area (Å²) in [5, 5.41) is 6.05. The Bertz CT molecular complexity index is 558. The fourth-order valence-electron chi connectivity index (χ4n) is 3.00. The molecule has 1 heterocycles. The fourth-order valence-corrected chi connectivity index (χ4v) is 3.98. The van der Waals surface area contributed by atoms with Gasteiger partial charge in [0.1, 0.15) is 0 Å². The predicted molar refractivity (Wildman–Crippen MR) is 82.7 cm³/mol. The minimum absolute atomic E-state index is 0.413. The van der Waals surface area contributed by atoms with Gasteiger partial charge in [-0.3, -0.25) is 0 Å². The maximum Gasteiger partial charge on any atom is 0.0336 e. The molecule has 1 aliphatic rings. The zero-order valence-electron chi connectivity index (χ0n) is 11.6. The normalized spacial score (nSPS) is 20.0. The number of rotatable bonds is 3. The number of fused-ring (bicyclic) bond motifs is 1. The maximum atomic E-state index is 3.81. The molecule has 2 aromatic rings. The van der Waals surface area contributed by atoms with Gasteiger partial charge in [0, 0.05) is 17.0 Å². The summed E-state index contributed by atoms with van der Waals surface area (Å²) in [5.41, 5.74) is 4.27. The molecule has 0 radical (unpaired) electrons. The molecule has 1 nitrogen and oxygen atoms in total. The van der Waals surface area contributed by atoms with E-state index >= 15 is 0 Å². The van der Waals surface area contributed by atoms with Gasteiger partial charge in [0.2, 0.25) is 0 Å². The predicted octanol–water partition coefficient (Wildman–Crippen LogP) is 4.78. The highest BCUT2D eigenvalue weighted by Crippen LogP contribution is 2.34. The van der Waals surface area contributed by atoms with E-state index in [1.807, 2.05) is 11.3 Å². The summed E-state index contributed by atoms with van der Waals surface area (Å²) in [6.07, 6.45) is 3.84. The first-order valence-electron chi connectivity index (χ1n) is 7.13. The monoisotopic (exact) mass is 271 g/mol. The second-order valence-electron chi connectivity index (χ2n) is 5.55. The third-order valence-corrected chi connectivity index (χ3v) is 5.04. The van der Waals surface area contributed by atoms with Gasteiger partial charge in [-0.25, -0.2) is 0 Å². The molecule has 0 spiro atoms. The molecule has 3 rings (SSSR count). The van der Waals surface area contributed by atoms with Gasteiger partial charge in [0.05, 0.1) is 0 Å². The highest BCUT2D eigenvalue weighted by Gasteiger charge is 2.22. The summed E-state index contributed by atoms with van der Waals surface area (Å²) in [7, 11) is 0. The van der Waals surface area contributed by atoms with E-state index in [0.717, 1.165) is 0 Å². The van der Waals surface area contributed by atoms with Crippen LogP contribution < -0.4 is 5.32 Å². The van der Waals surface area contributed by atoms with Crippen LogP contribution in [0.15, 0.2) is 35.7 Å². The van der Waals surface area contributed by atoms with Gasteiger partial charge in [0.15, 0.2) is 0 Å². The molecule has 1 N–H and O–H groups in total. The van der Waals surface area contributed by atoms with Crippen molar-refractivity contribution in [2.45, 2.75) is 45.2 Å². The zero-order chi connectivity index (χ0) is 13.2. The number of thiophene rings is 1. The van der Waals surface area contributed by atoms with Crippen LogP contribution in [0.25, 0.3) is 0 Å². The van der Waals surface area contributed by atoms with Crippen molar-refractivity contribution in [1.29, 1.82) is 0 Å². The molecule has 1 unspecified atom stereocenters. The summed E-state index contributed by atoms with van der Waals surface area (Å²) in [6, 6.07) is 12.1. The van der Waals surface area contributed by atoms with E-state index < -0.39 is 0 Å². The van der Waals surface area contributed by atoms with Crippen molar-refractivity contribution < 1.29 is 0 Å². The molecule has 0 bridgehead atoms. The summed E-state index contributed by atoms with van der Waals surface area (Å²) in [4.78, 5) is 1.58. The summed E-state index contributed by atoms with van der Waals surface area (Å²) < 4.78 is 0. The van der Waals surface area contributed by atoms with E-state index in [-0.39, 0.29) is 0 Å². The number of hydrogen-bond donors (Lipinski definition) is 1. The zero-order valence-corrected chi connectivity index (χ0v) is 12.5. The second-order valence-corrected chi connectivity index (χ2v) is 6.55.